The van der Waals surface area contributed by atoms with Crippen molar-refractivity contribution in [3.63, 3.8) is 0 Å². The van der Waals surface area contributed by atoms with Crippen LogP contribution in [0.3, 0.4) is 0 Å². The summed E-state index contributed by atoms with van der Waals surface area (Å²) in [4.78, 5) is 30.4. The van der Waals surface area contributed by atoms with Crippen molar-refractivity contribution in [2.45, 2.75) is 0 Å². The Balaban J connectivity index is 2.75. The quantitative estimate of drug-likeness (QED) is 0.497. The first-order valence-electron chi connectivity index (χ1n) is 5.66. The molecule has 0 aliphatic heterocycles. The van der Waals surface area contributed by atoms with Crippen LogP contribution in [0.5, 0.6) is 0 Å². The van der Waals surface area contributed by atoms with Crippen LogP contribution in [0.15, 0.2) is 47.5 Å². The molecule has 7 nitrogen and oxygen atoms in total. The lowest BCUT2D eigenvalue weighted by atomic mass is 10.2. The molecular weight excluding hydrogens is 258 g/mol. The highest BCUT2D eigenvalue weighted by Gasteiger charge is 2.13. The maximum atomic E-state index is 11.7. The van der Waals surface area contributed by atoms with Crippen LogP contribution in [-0.4, -0.2) is 29.6 Å². The molecule has 1 aromatic rings. The molecule has 1 aromatic heterocycles. The van der Waals surface area contributed by atoms with Crippen molar-refractivity contribution in [2.24, 2.45) is 16.5 Å². The highest BCUT2D eigenvalue weighted by molar-refractivity contribution is 6.45. The molecular formula is C13H15N5O2. The first-order valence-corrected chi connectivity index (χ1v) is 5.66. The van der Waals surface area contributed by atoms with E-state index in [0.29, 0.717) is 0 Å². The number of nitrogens with zero attached hydrogens (tertiary/aromatic N) is 2. The fourth-order valence-electron chi connectivity index (χ4n) is 1.36. The predicted octanol–water partition coefficient (Wildman–Crippen LogP) is -0.433. The number of amides is 2. The second-order valence-electron chi connectivity index (χ2n) is 3.63. The lowest BCUT2D eigenvalue weighted by Crippen LogP contribution is -2.34. The number of aromatic nitrogens is 1. The Morgan fingerprint density at radius 2 is 2.20 bits per heavy atom. The lowest BCUT2D eigenvalue weighted by molar-refractivity contribution is -0.115. The van der Waals surface area contributed by atoms with Crippen molar-refractivity contribution in [3.05, 3.63) is 48.1 Å². The number of aliphatic imine (C=N–C) groups is 1. The van der Waals surface area contributed by atoms with Crippen LogP contribution in [0.25, 0.3) is 6.08 Å². The number of rotatable bonds is 5. The molecule has 0 fully saturated rings. The molecule has 0 aliphatic carbocycles. The van der Waals surface area contributed by atoms with E-state index < -0.39 is 11.8 Å². The smallest absolute Gasteiger partial charge is 0.269 e. The van der Waals surface area contributed by atoms with Gasteiger partial charge >= 0.3 is 0 Å². The third kappa shape index (κ3) is 4.37. The van der Waals surface area contributed by atoms with Gasteiger partial charge in [0.1, 0.15) is 5.71 Å². The van der Waals surface area contributed by atoms with Gasteiger partial charge in [-0.1, -0.05) is 6.07 Å². The number of nitrogens with two attached hydrogens (primary N) is 2. The minimum Gasteiger partial charge on any atom is -0.403 e. The molecule has 0 unspecified atom stereocenters. The summed E-state index contributed by atoms with van der Waals surface area (Å²) in [6, 6.07) is 3.54. The van der Waals surface area contributed by atoms with Crippen LogP contribution in [0.1, 0.15) is 5.56 Å². The zero-order valence-electron chi connectivity index (χ0n) is 10.9. The molecule has 0 bridgehead atoms. The van der Waals surface area contributed by atoms with Gasteiger partial charge in [0.05, 0.1) is 5.70 Å². The molecule has 0 spiro atoms. The number of hydrogen-bond acceptors (Lipinski definition) is 5. The molecule has 2 amide bonds. The van der Waals surface area contributed by atoms with Gasteiger partial charge in [0.25, 0.3) is 5.91 Å². The van der Waals surface area contributed by atoms with Crippen LogP contribution < -0.4 is 16.8 Å². The molecule has 1 heterocycles. The summed E-state index contributed by atoms with van der Waals surface area (Å²) in [6.07, 6.45) is 7.15. The van der Waals surface area contributed by atoms with Crippen LogP contribution in [0, 0.1) is 0 Å². The Labute approximate surface area is 116 Å². The van der Waals surface area contributed by atoms with Gasteiger partial charge in [0, 0.05) is 31.7 Å². The molecule has 0 radical (unpaired) electrons. The summed E-state index contributed by atoms with van der Waals surface area (Å²) in [7, 11) is 1.38. The molecule has 0 aliphatic rings. The van der Waals surface area contributed by atoms with Crippen molar-refractivity contribution < 1.29 is 9.59 Å². The average molecular weight is 273 g/mol. The standard InChI is InChI=1S/C13H15N5O2/c1-16-12(13(15)20)10(7-14)18-11(19)5-4-9-3-2-6-17-8-9/h2-8H,14H2,1H3,(H2,15,20)(H,18,19)/b5-4+,10-7+,16-12?. The number of primary amides is 1. The molecule has 104 valence electrons. The fourth-order valence-corrected chi connectivity index (χ4v) is 1.36. The first kappa shape index (κ1) is 15.1. The van der Waals surface area contributed by atoms with Crippen LogP contribution in [-0.2, 0) is 9.59 Å². The average Bonchev–Trinajstić information content (AvgIpc) is 2.45. The largest absolute Gasteiger partial charge is 0.403 e. The van der Waals surface area contributed by atoms with Gasteiger partial charge in [-0.15, -0.1) is 0 Å². The molecule has 1 rings (SSSR count). The molecule has 20 heavy (non-hydrogen) atoms. The summed E-state index contributed by atoms with van der Waals surface area (Å²) in [5.74, 6) is -1.24. The number of carbonyl (C=O) groups is 2. The van der Waals surface area contributed by atoms with Crippen LogP contribution in [0.4, 0.5) is 0 Å². The van der Waals surface area contributed by atoms with E-state index in [-0.39, 0.29) is 11.4 Å². The van der Waals surface area contributed by atoms with Gasteiger partial charge < -0.3 is 16.8 Å². The van der Waals surface area contributed by atoms with Crippen LogP contribution in [0.2, 0.25) is 0 Å². The monoisotopic (exact) mass is 273 g/mol. The fraction of sp³-hybridized carbons (Fsp3) is 0.0769. The molecule has 0 saturated carbocycles. The number of pyridine rings is 1. The van der Waals surface area contributed by atoms with E-state index in [1.54, 1.807) is 30.6 Å². The minimum absolute atomic E-state index is 0.0563. The molecule has 0 saturated heterocycles. The Bertz CT molecular complexity index is 576. The van der Waals surface area contributed by atoms with Gasteiger partial charge in [-0.3, -0.25) is 19.6 Å². The van der Waals surface area contributed by atoms with Gasteiger partial charge in [-0.25, -0.2) is 0 Å². The Kier molecular flexibility index (Phi) is 5.64. The maximum absolute atomic E-state index is 11.7. The third-order valence-corrected chi connectivity index (χ3v) is 2.25. The van der Waals surface area contributed by atoms with Gasteiger partial charge in [0.15, 0.2) is 0 Å². The van der Waals surface area contributed by atoms with Gasteiger partial charge in [-0.05, 0) is 17.7 Å². The van der Waals surface area contributed by atoms with Crippen LogP contribution >= 0.6 is 0 Å². The normalized spacial score (nSPS) is 12.4. The minimum atomic E-state index is -0.777. The predicted molar refractivity (Wildman–Crippen MR) is 76.2 cm³/mol. The number of hydrogen-bond donors (Lipinski definition) is 3. The van der Waals surface area contributed by atoms with Crippen molar-refractivity contribution in [3.8, 4) is 0 Å². The first-order chi connectivity index (χ1) is 9.58. The second-order valence-corrected chi connectivity index (χ2v) is 3.63. The number of nitrogens with one attached hydrogen (secondary N) is 1. The molecule has 0 atom stereocenters. The molecule has 0 aromatic carbocycles. The van der Waals surface area contributed by atoms with Crippen molar-refractivity contribution >= 4 is 23.6 Å². The maximum Gasteiger partial charge on any atom is 0.269 e. The van der Waals surface area contributed by atoms with E-state index in [1.165, 1.54) is 13.1 Å². The van der Waals surface area contributed by atoms with Gasteiger partial charge in [0.2, 0.25) is 5.91 Å². The van der Waals surface area contributed by atoms with Crippen molar-refractivity contribution in [1.29, 1.82) is 0 Å². The second kappa shape index (κ2) is 7.47. The summed E-state index contributed by atoms with van der Waals surface area (Å²) in [5.41, 5.74) is 11.2. The lowest BCUT2D eigenvalue weighted by Gasteiger charge is -2.07. The van der Waals surface area contributed by atoms with Crippen molar-refractivity contribution in [1.82, 2.24) is 10.3 Å². The highest BCUT2D eigenvalue weighted by Crippen LogP contribution is 1.99. The van der Waals surface area contributed by atoms with E-state index in [4.69, 9.17) is 11.5 Å². The number of carbonyl (C=O) groups excluding carboxylic acids is 2. The van der Waals surface area contributed by atoms with Crippen molar-refractivity contribution in [2.75, 3.05) is 7.05 Å². The van der Waals surface area contributed by atoms with E-state index in [9.17, 15) is 9.59 Å². The van der Waals surface area contributed by atoms with E-state index in [0.717, 1.165) is 11.8 Å². The van der Waals surface area contributed by atoms with E-state index in [1.807, 2.05) is 0 Å². The molecule has 5 N–H and O–H groups in total. The van der Waals surface area contributed by atoms with E-state index >= 15 is 0 Å². The highest BCUT2D eigenvalue weighted by atomic mass is 16.2. The summed E-state index contributed by atoms with van der Waals surface area (Å²) < 4.78 is 0. The Morgan fingerprint density at radius 1 is 1.45 bits per heavy atom. The SMILES string of the molecule is CN=C(C(N)=O)/C(=C\N)NC(=O)/C=C/c1cccnc1. The molecule has 7 heteroatoms. The van der Waals surface area contributed by atoms with Gasteiger partial charge in [-0.2, -0.15) is 0 Å². The summed E-state index contributed by atoms with van der Waals surface area (Å²) in [5, 5.41) is 2.43. The topological polar surface area (TPSA) is 123 Å². The Morgan fingerprint density at radius 3 is 2.70 bits per heavy atom. The summed E-state index contributed by atoms with van der Waals surface area (Å²) in [6.45, 7) is 0. The third-order valence-electron chi connectivity index (χ3n) is 2.25. The Hall–Kier alpha value is -2.96. The summed E-state index contributed by atoms with van der Waals surface area (Å²) >= 11 is 0. The zero-order valence-corrected chi connectivity index (χ0v) is 10.9. The van der Waals surface area contributed by atoms with E-state index in [2.05, 4.69) is 15.3 Å². The zero-order chi connectivity index (χ0) is 15.0.